The van der Waals surface area contributed by atoms with Gasteiger partial charge in [0.15, 0.2) is 5.17 Å². The lowest BCUT2D eigenvalue weighted by atomic mass is 10.0. The molecule has 1 aliphatic heterocycles. The van der Waals surface area contributed by atoms with Crippen LogP contribution in [0.3, 0.4) is 0 Å². The number of hydrogen-bond donors (Lipinski definition) is 1. The molecule has 2 aromatic rings. The van der Waals surface area contributed by atoms with E-state index < -0.39 is 0 Å². The summed E-state index contributed by atoms with van der Waals surface area (Å²) in [5, 5.41) is 3.96. The minimum Gasteiger partial charge on any atom is -0.300 e. The topological polar surface area (TPSA) is 41.5 Å². The highest BCUT2D eigenvalue weighted by molar-refractivity contribution is 8.18. The predicted molar refractivity (Wildman–Crippen MR) is 103 cm³/mol. The van der Waals surface area contributed by atoms with Crippen LogP contribution >= 0.6 is 23.4 Å². The SMILES string of the molecule is CC(C)c1ccc(/C=C2/SC(=Nc3cccc(Cl)c3)NC2=O)cc1. The Bertz CT molecular complexity index is 826. The molecule has 3 rings (SSSR count). The summed E-state index contributed by atoms with van der Waals surface area (Å²) >= 11 is 7.29. The molecule has 1 fully saturated rings. The number of nitrogens with one attached hydrogen (secondary N) is 1. The molecular formula is C19H17ClN2OS. The van der Waals surface area contributed by atoms with Crippen LogP contribution in [0.15, 0.2) is 58.4 Å². The number of aliphatic imine (C=N–C) groups is 1. The summed E-state index contributed by atoms with van der Waals surface area (Å²) in [5.41, 5.74) is 3.00. The van der Waals surface area contributed by atoms with Gasteiger partial charge in [-0.05, 0) is 53.1 Å². The summed E-state index contributed by atoms with van der Waals surface area (Å²) in [6.07, 6.45) is 1.88. The van der Waals surface area contributed by atoms with Crippen molar-refractivity contribution in [3.8, 4) is 0 Å². The number of thioether (sulfide) groups is 1. The van der Waals surface area contributed by atoms with Crippen LogP contribution in [-0.4, -0.2) is 11.1 Å². The number of carbonyl (C=O) groups excluding carboxylic acids is 1. The number of nitrogens with zero attached hydrogens (tertiary/aromatic N) is 1. The molecule has 2 aromatic carbocycles. The Morgan fingerprint density at radius 3 is 2.58 bits per heavy atom. The van der Waals surface area contributed by atoms with Gasteiger partial charge < -0.3 is 5.32 Å². The van der Waals surface area contributed by atoms with Crippen molar-refractivity contribution in [2.75, 3.05) is 0 Å². The van der Waals surface area contributed by atoms with Crippen LogP contribution in [0.1, 0.15) is 30.9 Å². The molecule has 3 nitrogen and oxygen atoms in total. The van der Waals surface area contributed by atoms with E-state index in [0.717, 1.165) is 5.56 Å². The number of amides is 1. The number of benzene rings is 2. The van der Waals surface area contributed by atoms with Crippen molar-refractivity contribution in [1.82, 2.24) is 5.32 Å². The monoisotopic (exact) mass is 356 g/mol. The van der Waals surface area contributed by atoms with Crippen LogP contribution in [0.4, 0.5) is 5.69 Å². The second-order valence-corrected chi connectivity index (χ2v) is 7.25. The van der Waals surface area contributed by atoms with Crippen LogP contribution in [0, 0.1) is 0 Å². The van der Waals surface area contributed by atoms with Crippen molar-refractivity contribution >= 4 is 46.2 Å². The number of carbonyl (C=O) groups is 1. The molecular weight excluding hydrogens is 340 g/mol. The van der Waals surface area contributed by atoms with E-state index in [1.54, 1.807) is 12.1 Å². The van der Waals surface area contributed by atoms with Gasteiger partial charge in [0.25, 0.3) is 5.91 Å². The second-order valence-electron chi connectivity index (χ2n) is 5.78. The lowest BCUT2D eigenvalue weighted by Crippen LogP contribution is -2.19. The Balaban J connectivity index is 1.79. The first kappa shape index (κ1) is 16.8. The second kappa shape index (κ2) is 7.24. The zero-order chi connectivity index (χ0) is 17.1. The summed E-state index contributed by atoms with van der Waals surface area (Å²) in [6, 6.07) is 15.5. The van der Waals surface area contributed by atoms with Gasteiger partial charge in [0.05, 0.1) is 10.6 Å². The molecule has 0 bridgehead atoms. The third kappa shape index (κ3) is 4.08. The fraction of sp³-hybridized carbons (Fsp3) is 0.158. The van der Waals surface area contributed by atoms with Gasteiger partial charge in [-0.15, -0.1) is 0 Å². The van der Waals surface area contributed by atoms with E-state index in [-0.39, 0.29) is 5.91 Å². The fourth-order valence-corrected chi connectivity index (χ4v) is 3.30. The van der Waals surface area contributed by atoms with E-state index in [9.17, 15) is 4.79 Å². The zero-order valence-electron chi connectivity index (χ0n) is 13.4. The first-order chi connectivity index (χ1) is 11.5. The van der Waals surface area contributed by atoms with Gasteiger partial charge in [0.1, 0.15) is 0 Å². The molecule has 0 aromatic heterocycles. The first-order valence-corrected chi connectivity index (χ1v) is 8.86. The summed E-state index contributed by atoms with van der Waals surface area (Å²) in [5.74, 6) is 0.362. The fourth-order valence-electron chi connectivity index (χ4n) is 2.27. The van der Waals surface area contributed by atoms with Gasteiger partial charge in [-0.25, -0.2) is 4.99 Å². The van der Waals surface area contributed by atoms with E-state index in [1.165, 1.54) is 17.3 Å². The van der Waals surface area contributed by atoms with Gasteiger partial charge in [0, 0.05) is 5.02 Å². The molecule has 0 saturated carbocycles. The van der Waals surface area contributed by atoms with Crippen molar-refractivity contribution in [3.05, 3.63) is 69.6 Å². The highest BCUT2D eigenvalue weighted by Gasteiger charge is 2.23. The van der Waals surface area contributed by atoms with Crippen LogP contribution in [0.2, 0.25) is 5.02 Å². The molecule has 1 saturated heterocycles. The van der Waals surface area contributed by atoms with Gasteiger partial charge in [-0.2, -0.15) is 0 Å². The Hall–Kier alpha value is -2.04. The highest BCUT2D eigenvalue weighted by Crippen LogP contribution is 2.29. The Morgan fingerprint density at radius 1 is 1.17 bits per heavy atom. The van der Waals surface area contributed by atoms with Gasteiger partial charge in [-0.3, -0.25) is 4.79 Å². The lowest BCUT2D eigenvalue weighted by molar-refractivity contribution is -0.115. The molecule has 5 heteroatoms. The van der Waals surface area contributed by atoms with Crippen LogP contribution < -0.4 is 5.32 Å². The third-order valence-corrected chi connectivity index (χ3v) is 4.74. The number of hydrogen-bond acceptors (Lipinski definition) is 3. The molecule has 1 amide bonds. The highest BCUT2D eigenvalue weighted by atomic mass is 35.5. The molecule has 122 valence electrons. The van der Waals surface area contributed by atoms with E-state index in [2.05, 4.69) is 36.3 Å². The standard InChI is InChI=1S/C19H17ClN2OS/c1-12(2)14-8-6-13(7-9-14)10-17-18(23)22-19(24-17)21-16-5-3-4-15(20)11-16/h3-12H,1-2H3,(H,21,22,23)/b17-10+. The largest absolute Gasteiger partial charge is 0.300 e. The number of amidine groups is 1. The molecule has 1 N–H and O–H groups in total. The summed E-state index contributed by atoms with van der Waals surface area (Å²) in [7, 11) is 0. The predicted octanol–water partition coefficient (Wildman–Crippen LogP) is 5.36. The van der Waals surface area contributed by atoms with Crippen molar-refractivity contribution in [1.29, 1.82) is 0 Å². The Morgan fingerprint density at radius 2 is 1.92 bits per heavy atom. The van der Waals surface area contributed by atoms with Crippen LogP contribution in [0.5, 0.6) is 0 Å². The maximum Gasteiger partial charge on any atom is 0.264 e. The minimum absolute atomic E-state index is 0.131. The molecule has 24 heavy (non-hydrogen) atoms. The Labute approximate surface area is 150 Å². The van der Waals surface area contributed by atoms with Crippen LogP contribution in [0.25, 0.3) is 6.08 Å². The molecule has 0 aliphatic carbocycles. The summed E-state index contributed by atoms with van der Waals surface area (Å²) in [6.45, 7) is 4.32. The maximum absolute atomic E-state index is 12.1. The summed E-state index contributed by atoms with van der Waals surface area (Å²) < 4.78 is 0. The van der Waals surface area contributed by atoms with E-state index in [1.807, 2.05) is 30.3 Å². The first-order valence-electron chi connectivity index (χ1n) is 7.66. The molecule has 1 aliphatic rings. The number of rotatable bonds is 3. The normalized spacial score (nSPS) is 17.8. The number of halogens is 1. The zero-order valence-corrected chi connectivity index (χ0v) is 15.0. The van der Waals surface area contributed by atoms with E-state index in [0.29, 0.717) is 26.7 Å². The van der Waals surface area contributed by atoms with Crippen molar-refractivity contribution < 1.29 is 4.79 Å². The van der Waals surface area contributed by atoms with Crippen molar-refractivity contribution in [2.24, 2.45) is 4.99 Å². The average Bonchev–Trinajstić information content (AvgIpc) is 2.87. The van der Waals surface area contributed by atoms with Gasteiger partial charge >= 0.3 is 0 Å². The van der Waals surface area contributed by atoms with Crippen LogP contribution in [-0.2, 0) is 4.79 Å². The average molecular weight is 357 g/mol. The molecule has 0 spiro atoms. The summed E-state index contributed by atoms with van der Waals surface area (Å²) in [4.78, 5) is 17.2. The Kier molecular flexibility index (Phi) is 5.07. The molecule has 0 unspecified atom stereocenters. The van der Waals surface area contributed by atoms with E-state index >= 15 is 0 Å². The quantitative estimate of drug-likeness (QED) is 0.752. The van der Waals surface area contributed by atoms with E-state index in [4.69, 9.17) is 11.6 Å². The van der Waals surface area contributed by atoms with Crippen molar-refractivity contribution in [3.63, 3.8) is 0 Å². The van der Waals surface area contributed by atoms with Gasteiger partial charge in [0.2, 0.25) is 0 Å². The maximum atomic E-state index is 12.1. The molecule has 0 atom stereocenters. The van der Waals surface area contributed by atoms with Crippen molar-refractivity contribution in [2.45, 2.75) is 19.8 Å². The lowest BCUT2D eigenvalue weighted by Gasteiger charge is -2.04. The third-order valence-electron chi connectivity index (χ3n) is 3.59. The minimum atomic E-state index is -0.131. The molecule has 0 radical (unpaired) electrons. The van der Waals surface area contributed by atoms with Gasteiger partial charge in [-0.1, -0.05) is 55.8 Å². The smallest absolute Gasteiger partial charge is 0.264 e. The molecule has 1 heterocycles.